The quantitative estimate of drug-likeness (QED) is 0.744. The Morgan fingerprint density at radius 2 is 2.14 bits per heavy atom. The molecule has 2 aromatic rings. The van der Waals surface area contributed by atoms with E-state index < -0.39 is 0 Å². The summed E-state index contributed by atoms with van der Waals surface area (Å²) < 4.78 is 7.83. The molecule has 3 atom stereocenters. The lowest BCUT2D eigenvalue weighted by Crippen LogP contribution is -2.51. The van der Waals surface area contributed by atoms with Crippen LogP contribution in [0.1, 0.15) is 44.4 Å². The Hall–Kier alpha value is -0.770. The van der Waals surface area contributed by atoms with Crippen molar-refractivity contribution in [3.8, 4) is 0 Å². The summed E-state index contributed by atoms with van der Waals surface area (Å²) in [6.07, 6.45) is 1.23. The predicted octanol–water partition coefficient (Wildman–Crippen LogP) is 4.98. The highest BCUT2D eigenvalue weighted by Gasteiger charge is 2.50. The number of aromatic nitrogens is 2. The summed E-state index contributed by atoms with van der Waals surface area (Å²) in [5.74, 6) is 0.904. The lowest BCUT2D eigenvalue weighted by Gasteiger charge is -2.52. The zero-order valence-corrected chi connectivity index (χ0v) is 14.2. The Morgan fingerprint density at radius 3 is 2.71 bits per heavy atom. The van der Waals surface area contributed by atoms with E-state index in [1.165, 1.54) is 0 Å². The third-order valence-corrected chi connectivity index (χ3v) is 5.19. The molecule has 3 rings (SSSR count). The summed E-state index contributed by atoms with van der Waals surface area (Å²) in [5, 5.41) is 0.575. The number of hydrogen-bond acceptors (Lipinski definition) is 2. The molecule has 1 aromatic carbocycles. The molecule has 114 valence electrons. The van der Waals surface area contributed by atoms with Crippen LogP contribution in [0.25, 0.3) is 11.0 Å². The summed E-state index contributed by atoms with van der Waals surface area (Å²) in [4.78, 5) is 4.70. The molecule has 0 spiro atoms. The zero-order chi connectivity index (χ0) is 15.4. The first kappa shape index (κ1) is 15.1. The first-order chi connectivity index (χ1) is 9.86. The molecule has 0 N–H and O–H groups in total. The van der Waals surface area contributed by atoms with E-state index in [0.29, 0.717) is 6.04 Å². The number of methoxy groups -OCH3 is 1. The maximum Gasteiger partial charge on any atom is 0.127 e. The number of hydrogen-bond donors (Lipinski definition) is 0. The number of alkyl halides is 1. The van der Waals surface area contributed by atoms with Crippen LogP contribution in [0.5, 0.6) is 0 Å². The molecule has 1 fully saturated rings. The SMILES string of the molecule is COC1CC(n2c(C(C)Cl)nc3ccc(Cl)cc32)C1(C)C. The van der Waals surface area contributed by atoms with Crippen LogP contribution in [0, 0.1) is 5.41 Å². The molecule has 0 bridgehead atoms. The summed E-state index contributed by atoms with van der Waals surface area (Å²) in [7, 11) is 1.77. The fourth-order valence-corrected chi connectivity index (χ4v) is 3.72. The van der Waals surface area contributed by atoms with E-state index in [2.05, 4.69) is 18.4 Å². The minimum Gasteiger partial charge on any atom is -0.381 e. The standard InChI is InChI=1S/C16H20Cl2N2O/c1-9(17)15-19-11-6-5-10(18)7-12(11)20(15)13-8-14(21-4)16(13,2)3/h5-7,9,13-14H,8H2,1-4H3. The molecule has 3 nitrogen and oxygen atoms in total. The van der Waals surface area contributed by atoms with Crippen molar-refractivity contribution in [2.45, 2.75) is 44.7 Å². The molecule has 0 saturated heterocycles. The Labute approximate surface area is 135 Å². The van der Waals surface area contributed by atoms with E-state index in [0.717, 1.165) is 28.3 Å². The minimum atomic E-state index is -0.145. The molecule has 0 aliphatic heterocycles. The molecule has 1 heterocycles. The lowest BCUT2D eigenvalue weighted by atomic mass is 9.64. The molecular weight excluding hydrogens is 307 g/mol. The van der Waals surface area contributed by atoms with Crippen molar-refractivity contribution in [3.63, 3.8) is 0 Å². The summed E-state index contributed by atoms with van der Waals surface area (Å²) in [6, 6.07) is 6.12. The van der Waals surface area contributed by atoms with Gasteiger partial charge in [-0.05, 0) is 31.5 Å². The molecule has 0 radical (unpaired) electrons. The Morgan fingerprint density at radius 1 is 1.43 bits per heavy atom. The van der Waals surface area contributed by atoms with Gasteiger partial charge in [0, 0.05) is 23.6 Å². The number of imidazole rings is 1. The zero-order valence-electron chi connectivity index (χ0n) is 12.7. The van der Waals surface area contributed by atoms with Gasteiger partial charge in [-0.1, -0.05) is 25.4 Å². The van der Waals surface area contributed by atoms with Gasteiger partial charge in [0.1, 0.15) is 5.82 Å². The van der Waals surface area contributed by atoms with Crippen LogP contribution in [0.3, 0.4) is 0 Å². The van der Waals surface area contributed by atoms with E-state index in [9.17, 15) is 0 Å². The number of halogens is 2. The average molecular weight is 327 g/mol. The second-order valence-corrected chi connectivity index (χ2v) is 7.48. The van der Waals surface area contributed by atoms with E-state index >= 15 is 0 Å². The van der Waals surface area contributed by atoms with Gasteiger partial charge in [0.15, 0.2) is 0 Å². The third-order valence-electron chi connectivity index (χ3n) is 4.76. The van der Waals surface area contributed by atoms with Crippen molar-refractivity contribution < 1.29 is 4.74 Å². The van der Waals surface area contributed by atoms with Gasteiger partial charge in [-0.15, -0.1) is 11.6 Å². The number of nitrogens with zero attached hydrogens (tertiary/aromatic N) is 2. The van der Waals surface area contributed by atoms with Gasteiger partial charge in [0.2, 0.25) is 0 Å². The van der Waals surface area contributed by atoms with Crippen LogP contribution < -0.4 is 0 Å². The highest BCUT2D eigenvalue weighted by Crippen LogP contribution is 2.53. The van der Waals surface area contributed by atoms with Crippen molar-refractivity contribution in [1.82, 2.24) is 9.55 Å². The van der Waals surface area contributed by atoms with E-state index in [-0.39, 0.29) is 16.9 Å². The van der Waals surface area contributed by atoms with Gasteiger partial charge in [0.25, 0.3) is 0 Å². The highest BCUT2D eigenvalue weighted by molar-refractivity contribution is 6.31. The normalized spacial score (nSPS) is 25.8. The van der Waals surface area contributed by atoms with Crippen LogP contribution in [0.2, 0.25) is 5.02 Å². The second-order valence-electron chi connectivity index (χ2n) is 6.39. The van der Waals surface area contributed by atoms with Gasteiger partial charge < -0.3 is 9.30 Å². The highest BCUT2D eigenvalue weighted by atomic mass is 35.5. The first-order valence-electron chi connectivity index (χ1n) is 7.20. The Bertz CT molecular complexity index is 678. The van der Waals surface area contributed by atoms with Crippen molar-refractivity contribution in [3.05, 3.63) is 29.0 Å². The Balaban J connectivity index is 2.17. The van der Waals surface area contributed by atoms with Crippen LogP contribution in [-0.2, 0) is 4.74 Å². The topological polar surface area (TPSA) is 27.1 Å². The van der Waals surface area contributed by atoms with Crippen molar-refractivity contribution >= 4 is 34.2 Å². The van der Waals surface area contributed by atoms with Gasteiger partial charge in [-0.3, -0.25) is 0 Å². The smallest absolute Gasteiger partial charge is 0.127 e. The van der Waals surface area contributed by atoms with Crippen molar-refractivity contribution in [1.29, 1.82) is 0 Å². The summed E-state index contributed by atoms with van der Waals surface area (Å²) >= 11 is 12.5. The molecule has 5 heteroatoms. The maximum absolute atomic E-state index is 6.36. The molecule has 1 aliphatic rings. The molecule has 0 amide bonds. The summed E-state index contributed by atoms with van der Waals surface area (Å²) in [5.41, 5.74) is 2.04. The fraction of sp³-hybridized carbons (Fsp3) is 0.562. The third kappa shape index (κ3) is 2.26. The lowest BCUT2D eigenvalue weighted by molar-refractivity contribution is -0.112. The fourth-order valence-electron chi connectivity index (χ4n) is 3.40. The largest absolute Gasteiger partial charge is 0.381 e. The van der Waals surface area contributed by atoms with Gasteiger partial charge in [0.05, 0.1) is 22.5 Å². The van der Waals surface area contributed by atoms with E-state index in [1.54, 1.807) is 7.11 Å². The Kier molecular flexibility index (Phi) is 3.71. The van der Waals surface area contributed by atoms with Crippen molar-refractivity contribution in [2.75, 3.05) is 7.11 Å². The number of benzene rings is 1. The van der Waals surface area contributed by atoms with Gasteiger partial charge in [-0.2, -0.15) is 0 Å². The number of rotatable bonds is 3. The van der Waals surface area contributed by atoms with E-state index in [4.69, 9.17) is 32.9 Å². The van der Waals surface area contributed by atoms with Crippen LogP contribution >= 0.6 is 23.2 Å². The van der Waals surface area contributed by atoms with Crippen LogP contribution in [0.15, 0.2) is 18.2 Å². The molecule has 3 unspecified atom stereocenters. The average Bonchev–Trinajstić information content (AvgIpc) is 2.77. The molecule has 1 aromatic heterocycles. The minimum absolute atomic E-state index is 0.0469. The van der Waals surface area contributed by atoms with Crippen LogP contribution in [-0.4, -0.2) is 22.8 Å². The van der Waals surface area contributed by atoms with Gasteiger partial charge >= 0.3 is 0 Å². The summed E-state index contributed by atoms with van der Waals surface area (Å²) in [6.45, 7) is 6.42. The molecule has 1 saturated carbocycles. The number of ether oxygens (including phenoxy) is 1. The first-order valence-corrected chi connectivity index (χ1v) is 8.02. The second kappa shape index (κ2) is 5.15. The van der Waals surface area contributed by atoms with Crippen LogP contribution in [0.4, 0.5) is 0 Å². The van der Waals surface area contributed by atoms with Crippen molar-refractivity contribution in [2.24, 2.45) is 5.41 Å². The monoisotopic (exact) mass is 326 g/mol. The molecular formula is C16H20Cl2N2O. The van der Waals surface area contributed by atoms with Gasteiger partial charge in [-0.25, -0.2) is 4.98 Å². The molecule has 1 aliphatic carbocycles. The maximum atomic E-state index is 6.36. The van der Waals surface area contributed by atoms with E-state index in [1.807, 2.05) is 25.1 Å². The predicted molar refractivity (Wildman–Crippen MR) is 87.2 cm³/mol. The number of fused-ring (bicyclic) bond motifs is 1. The molecule has 21 heavy (non-hydrogen) atoms.